The Labute approximate surface area is 113 Å². The fraction of sp³-hybridized carbons (Fsp3) is 0.312. The van der Waals surface area contributed by atoms with Crippen molar-refractivity contribution in [2.45, 2.75) is 18.9 Å². The molecular weight excluding hydrogens is 236 g/mol. The van der Waals surface area contributed by atoms with Crippen molar-refractivity contribution >= 4 is 0 Å². The summed E-state index contributed by atoms with van der Waals surface area (Å²) in [5.74, 6) is 0.843. The van der Waals surface area contributed by atoms with Gasteiger partial charge in [-0.2, -0.15) is 0 Å². The summed E-state index contributed by atoms with van der Waals surface area (Å²) >= 11 is 0. The molecule has 1 aromatic carbocycles. The van der Waals surface area contributed by atoms with E-state index < -0.39 is 0 Å². The lowest BCUT2D eigenvalue weighted by molar-refractivity contribution is 0.276. The highest BCUT2D eigenvalue weighted by atomic mass is 16.5. The van der Waals surface area contributed by atoms with Crippen LogP contribution < -0.4 is 10.1 Å². The number of rotatable bonds is 4. The average Bonchev–Trinajstić information content (AvgIpc) is 3.00. The molecule has 1 saturated heterocycles. The van der Waals surface area contributed by atoms with Crippen molar-refractivity contribution in [2.75, 3.05) is 13.2 Å². The van der Waals surface area contributed by atoms with E-state index in [-0.39, 0.29) is 0 Å². The van der Waals surface area contributed by atoms with Gasteiger partial charge in [-0.25, -0.2) is 0 Å². The minimum Gasteiger partial charge on any atom is -0.490 e. The lowest BCUT2D eigenvalue weighted by Gasteiger charge is -2.12. The number of nitrogens with one attached hydrogen (secondary N) is 1. The monoisotopic (exact) mass is 254 g/mol. The molecule has 1 aromatic heterocycles. The number of ether oxygens (including phenoxy) is 1. The van der Waals surface area contributed by atoms with Crippen LogP contribution in [0.3, 0.4) is 0 Å². The van der Waals surface area contributed by atoms with Crippen molar-refractivity contribution in [3.8, 4) is 16.9 Å². The maximum atomic E-state index is 5.83. The second kappa shape index (κ2) is 5.85. The van der Waals surface area contributed by atoms with Crippen molar-refractivity contribution in [3.05, 3.63) is 48.8 Å². The second-order valence-electron chi connectivity index (χ2n) is 4.88. The van der Waals surface area contributed by atoms with Gasteiger partial charge in [-0.1, -0.05) is 30.3 Å². The third kappa shape index (κ3) is 3.12. The topological polar surface area (TPSA) is 34.1 Å². The predicted molar refractivity (Wildman–Crippen MR) is 76.2 cm³/mol. The van der Waals surface area contributed by atoms with E-state index in [0.717, 1.165) is 24.5 Å². The van der Waals surface area contributed by atoms with E-state index in [2.05, 4.69) is 28.5 Å². The van der Waals surface area contributed by atoms with Crippen molar-refractivity contribution in [1.29, 1.82) is 0 Å². The van der Waals surface area contributed by atoms with Crippen LogP contribution in [0.25, 0.3) is 11.1 Å². The molecule has 1 fully saturated rings. The molecule has 3 heteroatoms. The molecule has 0 saturated carbocycles. The number of hydrogen-bond acceptors (Lipinski definition) is 3. The zero-order chi connectivity index (χ0) is 12.9. The lowest BCUT2D eigenvalue weighted by Crippen LogP contribution is -2.28. The van der Waals surface area contributed by atoms with Gasteiger partial charge in [0, 0.05) is 17.8 Å². The quantitative estimate of drug-likeness (QED) is 0.911. The highest BCUT2D eigenvalue weighted by Gasteiger charge is 2.14. The van der Waals surface area contributed by atoms with Crippen LogP contribution in [0.2, 0.25) is 0 Å². The first-order valence-corrected chi connectivity index (χ1v) is 6.78. The summed E-state index contributed by atoms with van der Waals surface area (Å²) in [6, 6.07) is 12.8. The summed E-state index contributed by atoms with van der Waals surface area (Å²) in [4.78, 5) is 4.26. The largest absolute Gasteiger partial charge is 0.490 e. The van der Waals surface area contributed by atoms with Gasteiger partial charge in [-0.3, -0.25) is 4.98 Å². The molecule has 1 N–H and O–H groups in total. The number of aromatic nitrogens is 1. The molecule has 0 spiro atoms. The summed E-state index contributed by atoms with van der Waals surface area (Å²) in [5.41, 5.74) is 2.26. The first-order chi connectivity index (χ1) is 9.42. The molecule has 2 heterocycles. The summed E-state index contributed by atoms with van der Waals surface area (Å²) in [6.45, 7) is 1.83. The molecule has 1 aliphatic heterocycles. The molecule has 3 nitrogen and oxygen atoms in total. The fourth-order valence-corrected chi connectivity index (χ4v) is 2.38. The van der Waals surface area contributed by atoms with Crippen molar-refractivity contribution < 1.29 is 4.74 Å². The third-order valence-electron chi connectivity index (χ3n) is 3.43. The molecular formula is C16H18N2O. The molecule has 19 heavy (non-hydrogen) atoms. The van der Waals surface area contributed by atoms with Gasteiger partial charge in [0.05, 0.1) is 6.20 Å². The van der Waals surface area contributed by atoms with E-state index in [1.54, 1.807) is 6.20 Å². The minimum atomic E-state index is 0.486. The molecule has 0 radical (unpaired) electrons. The van der Waals surface area contributed by atoms with Gasteiger partial charge in [-0.15, -0.1) is 0 Å². The number of hydrogen-bond donors (Lipinski definition) is 1. The zero-order valence-electron chi connectivity index (χ0n) is 10.9. The maximum Gasteiger partial charge on any atom is 0.138 e. The van der Waals surface area contributed by atoms with E-state index in [1.165, 1.54) is 18.4 Å². The Balaban J connectivity index is 1.69. The highest BCUT2D eigenvalue weighted by Crippen LogP contribution is 2.22. The van der Waals surface area contributed by atoms with Crippen LogP contribution in [0, 0.1) is 0 Å². The Kier molecular flexibility index (Phi) is 3.75. The number of pyridine rings is 1. The second-order valence-corrected chi connectivity index (χ2v) is 4.88. The lowest BCUT2D eigenvalue weighted by atomic mass is 10.1. The van der Waals surface area contributed by atoms with Crippen LogP contribution in [0.15, 0.2) is 48.8 Å². The minimum absolute atomic E-state index is 0.486. The molecule has 0 aliphatic carbocycles. The Hall–Kier alpha value is -1.87. The van der Waals surface area contributed by atoms with Crippen LogP contribution in [-0.2, 0) is 0 Å². The molecule has 0 amide bonds. The average molecular weight is 254 g/mol. The van der Waals surface area contributed by atoms with Gasteiger partial charge in [0.15, 0.2) is 0 Å². The van der Waals surface area contributed by atoms with Crippen LogP contribution in [0.4, 0.5) is 0 Å². The summed E-state index contributed by atoms with van der Waals surface area (Å²) in [5, 5.41) is 3.43. The fourth-order valence-electron chi connectivity index (χ4n) is 2.38. The Bertz CT molecular complexity index is 521. The van der Waals surface area contributed by atoms with Crippen LogP contribution in [-0.4, -0.2) is 24.2 Å². The highest BCUT2D eigenvalue weighted by molar-refractivity contribution is 5.63. The van der Waals surface area contributed by atoms with Gasteiger partial charge in [-0.05, 0) is 31.0 Å². The van der Waals surface area contributed by atoms with E-state index in [9.17, 15) is 0 Å². The van der Waals surface area contributed by atoms with E-state index in [1.807, 2.05) is 24.4 Å². The molecule has 98 valence electrons. The first kappa shape index (κ1) is 12.2. The summed E-state index contributed by atoms with van der Waals surface area (Å²) in [7, 11) is 0. The molecule has 0 unspecified atom stereocenters. The van der Waals surface area contributed by atoms with Crippen LogP contribution >= 0.6 is 0 Å². The van der Waals surface area contributed by atoms with Crippen molar-refractivity contribution in [3.63, 3.8) is 0 Å². The maximum absolute atomic E-state index is 5.83. The van der Waals surface area contributed by atoms with Gasteiger partial charge in [0.1, 0.15) is 12.4 Å². The van der Waals surface area contributed by atoms with E-state index >= 15 is 0 Å². The third-order valence-corrected chi connectivity index (χ3v) is 3.43. The van der Waals surface area contributed by atoms with Gasteiger partial charge >= 0.3 is 0 Å². The smallest absolute Gasteiger partial charge is 0.138 e. The number of nitrogens with zero attached hydrogens (tertiary/aromatic N) is 1. The van der Waals surface area contributed by atoms with Gasteiger partial charge in [0.2, 0.25) is 0 Å². The van der Waals surface area contributed by atoms with Crippen LogP contribution in [0.1, 0.15) is 12.8 Å². The molecule has 3 rings (SSSR count). The molecule has 0 bridgehead atoms. The van der Waals surface area contributed by atoms with Gasteiger partial charge in [0.25, 0.3) is 0 Å². The Morgan fingerprint density at radius 2 is 2.05 bits per heavy atom. The first-order valence-electron chi connectivity index (χ1n) is 6.78. The Morgan fingerprint density at radius 1 is 1.16 bits per heavy atom. The number of benzene rings is 1. The summed E-state index contributed by atoms with van der Waals surface area (Å²) < 4.78 is 5.83. The SMILES string of the molecule is c1ccc(-c2cncc(OC[C@@H]3CCCN3)c2)cc1. The Morgan fingerprint density at radius 3 is 2.84 bits per heavy atom. The van der Waals surface area contributed by atoms with Gasteiger partial charge < -0.3 is 10.1 Å². The van der Waals surface area contributed by atoms with E-state index in [4.69, 9.17) is 4.74 Å². The molecule has 2 aromatic rings. The summed E-state index contributed by atoms with van der Waals surface area (Å²) in [6.07, 6.45) is 6.10. The van der Waals surface area contributed by atoms with Crippen molar-refractivity contribution in [1.82, 2.24) is 10.3 Å². The zero-order valence-corrected chi connectivity index (χ0v) is 10.9. The van der Waals surface area contributed by atoms with Crippen molar-refractivity contribution in [2.24, 2.45) is 0 Å². The normalized spacial score (nSPS) is 18.4. The van der Waals surface area contributed by atoms with Crippen LogP contribution in [0.5, 0.6) is 5.75 Å². The van der Waals surface area contributed by atoms with E-state index in [0.29, 0.717) is 6.04 Å². The standard InChI is InChI=1S/C16H18N2O/c1-2-5-13(6-3-1)14-9-16(11-17-10-14)19-12-15-7-4-8-18-15/h1-3,5-6,9-11,15,18H,4,7-8,12H2/t15-/m0/s1. The molecule has 1 aliphatic rings. The predicted octanol–water partition coefficient (Wildman–Crippen LogP) is 2.88. The molecule has 1 atom stereocenters.